The van der Waals surface area contributed by atoms with Crippen LogP contribution >= 0.6 is 11.6 Å². The number of furan rings is 1. The van der Waals surface area contributed by atoms with Gasteiger partial charge in [-0.3, -0.25) is 4.79 Å². The first-order valence-electron chi connectivity index (χ1n) is 6.07. The molecule has 1 fully saturated rings. The van der Waals surface area contributed by atoms with Gasteiger partial charge in [0.15, 0.2) is 5.76 Å². The summed E-state index contributed by atoms with van der Waals surface area (Å²) < 4.78 is 5.10. The van der Waals surface area contributed by atoms with E-state index in [1.54, 1.807) is 12.1 Å². The Labute approximate surface area is 107 Å². The molecule has 2 rings (SSSR count). The van der Waals surface area contributed by atoms with E-state index in [1.165, 1.54) is 12.7 Å². The topological polar surface area (TPSA) is 42.2 Å². The van der Waals surface area contributed by atoms with Crippen molar-refractivity contribution >= 4 is 17.5 Å². The summed E-state index contributed by atoms with van der Waals surface area (Å²) in [5, 5.41) is 3.05. The van der Waals surface area contributed by atoms with E-state index in [9.17, 15) is 4.79 Å². The predicted octanol–water partition coefficient (Wildman–Crippen LogP) is 3.20. The van der Waals surface area contributed by atoms with Crippen molar-refractivity contribution < 1.29 is 9.21 Å². The van der Waals surface area contributed by atoms with Gasteiger partial charge in [0.2, 0.25) is 0 Å². The lowest BCUT2D eigenvalue weighted by molar-refractivity contribution is 0.0839. The fraction of sp³-hybridized carbons (Fsp3) is 0.615. The molecule has 94 valence electrons. The molecular formula is C13H18ClNO2. The van der Waals surface area contributed by atoms with Crippen molar-refractivity contribution in [3.05, 3.63) is 24.2 Å². The molecule has 17 heavy (non-hydrogen) atoms. The third-order valence-electron chi connectivity index (χ3n) is 3.47. The van der Waals surface area contributed by atoms with E-state index < -0.39 is 0 Å². The molecule has 0 radical (unpaired) electrons. The van der Waals surface area contributed by atoms with Gasteiger partial charge < -0.3 is 9.73 Å². The van der Waals surface area contributed by atoms with Crippen LogP contribution in [-0.4, -0.2) is 17.3 Å². The highest BCUT2D eigenvalue weighted by molar-refractivity contribution is 6.18. The molecule has 2 atom stereocenters. The minimum atomic E-state index is -0.261. The first-order chi connectivity index (χ1) is 8.15. The number of alkyl halides is 1. The molecule has 1 aromatic rings. The van der Waals surface area contributed by atoms with Crippen LogP contribution in [0.2, 0.25) is 0 Å². The maximum absolute atomic E-state index is 12.0. The molecule has 3 nitrogen and oxygen atoms in total. The van der Waals surface area contributed by atoms with Gasteiger partial charge in [-0.15, -0.1) is 11.6 Å². The van der Waals surface area contributed by atoms with E-state index in [-0.39, 0.29) is 11.4 Å². The second kappa shape index (κ2) is 5.13. The number of rotatable bonds is 3. The number of carbonyl (C=O) groups is 1. The summed E-state index contributed by atoms with van der Waals surface area (Å²) in [6.07, 6.45) is 5.74. The molecule has 0 aromatic carbocycles. The molecule has 1 aliphatic rings. The zero-order valence-corrected chi connectivity index (χ0v) is 10.8. The van der Waals surface area contributed by atoms with E-state index in [4.69, 9.17) is 16.0 Å². The Hall–Kier alpha value is -0.960. The molecule has 0 aliphatic heterocycles. The summed E-state index contributed by atoms with van der Waals surface area (Å²) in [5.41, 5.74) is -0.261. The number of hydrogen-bond donors (Lipinski definition) is 1. The van der Waals surface area contributed by atoms with Crippen molar-refractivity contribution in [1.82, 2.24) is 5.32 Å². The van der Waals surface area contributed by atoms with Crippen LogP contribution in [0.3, 0.4) is 0 Å². The van der Waals surface area contributed by atoms with Crippen LogP contribution in [0.1, 0.15) is 43.2 Å². The Morgan fingerprint density at radius 1 is 1.71 bits per heavy atom. The Morgan fingerprint density at radius 3 is 3.12 bits per heavy atom. The van der Waals surface area contributed by atoms with Crippen molar-refractivity contribution in [2.75, 3.05) is 5.88 Å². The van der Waals surface area contributed by atoms with Crippen LogP contribution in [0.15, 0.2) is 22.8 Å². The van der Waals surface area contributed by atoms with Crippen LogP contribution in [0.5, 0.6) is 0 Å². The Kier molecular flexibility index (Phi) is 3.77. The highest BCUT2D eigenvalue weighted by Crippen LogP contribution is 2.33. The number of nitrogens with one attached hydrogen (secondary N) is 1. The molecule has 1 amide bonds. The van der Waals surface area contributed by atoms with E-state index >= 15 is 0 Å². The maximum Gasteiger partial charge on any atom is 0.287 e. The highest BCUT2D eigenvalue weighted by atomic mass is 35.5. The average molecular weight is 256 g/mol. The minimum Gasteiger partial charge on any atom is -0.459 e. The van der Waals surface area contributed by atoms with E-state index in [2.05, 4.69) is 12.2 Å². The van der Waals surface area contributed by atoms with Crippen molar-refractivity contribution in [1.29, 1.82) is 0 Å². The van der Waals surface area contributed by atoms with E-state index in [0.29, 0.717) is 17.6 Å². The summed E-state index contributed by atoms with van der Waals surface area (Å²) in [5.74, 6) is 1.26. The van der Waals surface area contributed by atoms with Crippen molar-refractivity contribution in [3.8, 4) is 0 Å². The van der Waals surface area contributed by atoms with Crippen LogP contribution < -0.4 is 5.32 Å². The lowest BCUT2D eigenvalue weighted by atomic mass is 9.77. The molecule has 1 heterocycles. The van der Waals surface area contributed by atoms with Gasteiger partial charge in [0.1, 0.15) is 0 Å². The summed E-state index contributed by atoms with van der Waals surface area (Å²) in [6.45, 7) is 2.21. The first kappa shape index (κ1) is 12.5. The predicted molar refractivity (Wildman–Crippen MR) is 67.3 cm³/mol. The van der Waals surface area contributed by atoms with Gasteiger partial charge in [0.25, 0.3) is 5.91 Å². The monoisotopic (exact) mass is 255 g/mol. The highest BCUT2D eigenvalue weighted by Gasteiger charge is 2.36. The summed E-state index contributed by atoms with van der Waals surface area (Å²) in [6, 6.07) is 3.38. The zero-order valence-electron chi connectivity index (χ0n) is 10.0. The Morgan fingerprint density at radius 2 is 2.53 bits per heavy atom. The van der Waals surface area contributed by atoms with Crippen LogP contribution in [0, 0.1) is 5.92 Å². The molecule has 0 bridgehead atoms. The smallest absolute Gasteiger partial charge is 0.287 e. The molecule has 2 unspecified atom stereocenters. The minimum absolute atomic E-state index is 0.162. The molecule has 1 aliphatic carbocycles. The molecule has 4 heteroatoms. The van der Waals surface area contributed by atoms with Crippen LogP contribution in [0.25, 0.3) is 0 Å². The van der Waals surface area contributed by atoms with Gasteiger partial charge in [-0.05, 0) is 30.9 Å². The fourth-order valence-corrected chi connectivity index (χ4v) is 2.95. The maximum atomic E-state index is 12.0. The second-order valence-corrected chi connectivity index (χ2v) is 5.31. The van der Waals surface area contributed by atoms with Gasteiger partial charge in [-0.1, -0.05) is 19.8 Å². The van der Waals surface area contributed by atoms with Crippen LogP contribution in [0.4, 0.5) is 0 Å². The zero-order chi connectivity index (χ0) is 12.3. The molecule has 0 spiro atoms. The second-order valence-electron chi connectivity index (χ2n) is 5.05. The number of hydrogen-bond acceptors (Lipinski definition) is 2. The first-order valence-corrected chi connectivity index (χ1v) is 6.61. The average Bonchev–Trinajstić information content (AvgIpc) is 2.82. The number of amides is 1. The fourth-order valence-electron chi connectivity index (χ4n) is 2.64. The summed E-state index contributed by atoms with van der Waals surface area (Å²) >= 11 is 6.06. The van der Waals surface area contributed by atoms with Crippen molar-refractivity contribution in [2.24, 2.45) is 5.92 Å². The van der Waals surface area contributed by atoms with E-state index in [1.807, 2.05) is 0 Å². The van der Waals surface area contributed by atoms with Gasteiger partial charge in [-0.25, -0.2) is 0 Å². The molecule has 1 N–H and O–H groups in total. The van der Waals surface area contributed by atoms with Gasteiger partial charge in [0, 0.05) is 5.88 Å². The number of halogens is 1. The van der Waals surface area contributed by atoms with Crippen molar-refractivity contribution in [2.45, 2.75) is 38.1 Å². The van der Waals surface area contributed by atoms with Gasteiger partial charge in [0.05, 0.1) is 11.8 Å². The third kappa shape index (κ3) is 2.83. The standard InChI is InChI=1S/C13H18ClNO2/c1-10-4-2-6-13(8-10,9-14)15-12(16)11-5-3-7-17-11/h3,5,7,10H,2,4,6,8-9H2,1H3,(H,15,16). The SMILES string of the molecule is CC1CCCC(CCl)(NC(=O)c2ccco2)C1. The molecule has 0 saturated heterocycles. The molecule has 1 aromatic heterocycles. The lowest BCUT2D eigenvalue weighted by Gasteiger charge is -2.39. The lowest BCUT2D eigenvalue weighted by Crippen LogP contribution is -2.52. The van der Waals surface area contributed by atoms with Gasteiger partial charge >= 0.3 is 0 Å². The largest absolute Gasteiger partial charge is 0.459 e. The van der Waals surface area contributed by atoms with Gasteiger partial charge in [-0.2, -0.15) is 0 Å². The third-order valence-corrected chi connectivity index (χ3v) is 3.98. The Balaban J connectivity index is 2.06. The Bertz CT molecular complexity index is 377. The number of carbonyl (C=O) groups excluding carboxylic acids is 1. The molecular weight excluding hydrogens is 238 g/mol. The normalized spacial score (nSPS) is 28.9. The summed E-state index contributed by atoms with van der Waals surface area (Å²) in [4.78, 5) is 12.0. The quantitative estimate of drug-likeness (QED) is 0.843. The molecule has 1 saturated carbocycles. The van der Waals surface area contributed by atoms with Crippen LogP contribution in [-0.2, 0) is 0 Å². The van der Waals surface area contributed by atoms with E-state index in [0.717, 1.165) is 19.3 Å². The summed E-state index contributed by atoms with van der Waals surface area (Å²) in [7, 11) is 0. The van der Waals surface area contributed by atoms with Crippen molar-refractivity contribution in [3.63, 3.8) is 0 Å².